The molecule has 2 unspecified atom stereocenters. The molecular weight excluding hydrogens is 236 g/mol. The Hall–Kier alpha value is -1.56. The van der Waals surface area contributed by atoms with E-state index in [2.05, 4.69) is 5.32 Å². The third-order valence-corrected chi connectivity index (χ3v) is 2.57. The Kier molecular flexibility index (Phi) is 4.01. The molecule has 2 atom stereocenters. The number of rotatable bonds is 2. The monoisotopic (exact) mass is 256 g/mol. The molecule has 0 aromatic rings. The summed E-state index contributed by atoms with van der Waals surface area (Å²) in [7, 11) is 0. The number of nitrogens with one attached hydrogen (secondary N) is 1. The van der Waals surface area contributed by atoms with E-state index in [-0.39, 0.29) is 12.5 Å². The van der Waals surface area contributed by atoms with Gasteiger partial charge in [0.1, 0.15) is 5.60 Å². The number of ether oxygens (including phenoxy) is 1. The van der Waals surface area contributed by atoms with Crippen LogP contribution in [0.25, 0.3) is 0 Å². The Morgan fingerprint density at radius 2 is 2.11 bits per heavy atom. The highest BCUT2D eigenvalue weighted by Gasteiger charge is 2.34. The number of aliphatic hydroxyl groups is 1. The number of amides is 2. The van der Waals surface area contributed by atoms with Crippen molar-refractivity contribution in [2.24, 2.45) is 5.73 Å². The molecule has 0 heterocycles. The van der Waals surface area contributed by atoms with Crippen molar-refractivity contribution in [2.45, 2.75) is 50.9 Å². The molecule has 0 saturated heterocycles. The minimum atomic E-state index is -1.61. The zero-order valence-corrected chi connectivity index (χ0v) is 10.9. The molecule has 102 valence electrons. The van der Waals surface area contributed by atoms with Gasteiger partial charge < -0.3 is 20.9 Å². The van der Waals surface area contributed by atoms with Crippen LogP contribution in [0.5, 0.6) is 0 Å². The molecule has 0 radical (unpaired) electrons. The van der Waals surface area contributed by atoms with Gasteiger partial charge in [0.2, 0.25) is 0 Å². The lowest BCUT2D eigenvalue weighted by Gasteiger charge is -2.29. The predicted octanol–water partition coefficient (Wildman–Crippen LogP) is 0.446. The molecule has 1 rings (SSSR count). The lowest BCUT2D eigenvalue weighted by atomic mass is 9.88. The first kappa shape index (κ1) is 14.5. The summed E-state index contributed by atoms with van der Waals surface area (Å²) in [6.07, 6.45) is 2.95. The zero-order valence-electron chi connectivity index (χ0n) is 10.9. The highest BCUT2D eigenvalue weighted by atomic mass is 16.6. The first-order valence-electron chi connectivity index (χ1n) is 5.83. The predicted molar refractivity (Wildman–Crippen MR) is 65.7 cm³/mol. The number of hydrogen-bond acceptors (Lipinski definition) is 4. The number of hydrogen-bond donors (Lipinski definition) is 3. The fourth-order valence-electron chi connectivity index (χ4n) is 1.61. The maximum absolute atomic E-state index is 11.5. The second-order valence-corrected chi connectivity index (χ2v) is 5.44. The molecule has 0 aromatic carbocycles. The van der Waals surface area contributed by atoms with Crippen LogP contribution in [0, 0.1) is 0 Å². The molecule has 18 heavy (non-hydrogen) atoms. The number of nitrogens with two attached hydrogens (primary N) is 1. The summed E-state index contributed by atoms with van der Waals surface area (Å²) < 4.78 is 5.10. The molecular formula is C12H20N2O4. The normalized spacial score (nSPS) is 27.7. The van der Waals surface area contributed by atoms with E-state index in [0.717, 1.165) is 0 Å². The molecule has 2 amide bonds. The Labute approximate surface area is 106 Å². The van der Waals surface area contributed by atoms with Crippen LogP contribution in [0.2, 0.25) is 0 Å². The molecule has 0 saturated carbocycles. The number of carbonyl (C=O) groups excluding carboxylic acids is 2. The first-order valence-corrected chi connectivity index (χ1v) is 5.83. The van der Waals surface area contributed by atoms with Crippen LogP contribution in [0.15, 0.2) is 12.2 Å². The third-order valence-electron chi connectivity index (χ3n) is 2.57. The van der Waals surface area contributed by atoms with Gasteiger partial charge in [0.25, 0.3) is 5.91 Å². The molecule has 1 aliphatic rings. The van der Waals surface area contributed by atoms with Crippen molar-refractivity contribution in [1.82, 2.24) is 5.32 Å². The third kappa shape index (κ3) is 4.03. The van der Waals surface area contributed by atoms with Gasteiger partial charge >= 0.3 is 6.09 Å². The van der Waals surface area contributed by atoms with Crippen LogP contribution in [0.3, 0.4) is 0 Å². The van der Waals surface area contributed by atoms with Gasteiger partial charge in [-0.2, -0.15) is 0 Å². The summed E-state index contributed by atoms with van der Waals surface area (Å²) in [4.78, 5) is 22.5. The number of primary amides is 1. The lowest BCUT2D eigenvalue weighted by Crippen LogP contribution is -2.47. The van der Waals surface area contributed by atoms with E-state index in [1.165, 1.54) is 6.08 Å². The van der Waals surface area contributed by atoms with Crippen molar-refractivity contribution in [2.75, 3.05) is 0 Å². The summed E-state index contributed by atoms with van der Waals surface area (Å²) in [6, 6.07) is -0.264. The molecule has 0 fully saturated rings. The van der Waals surface area contributed by atoms with E-state index in [4.69, 9.17) is 10.5 Å². The maximum Gasteiger partial charge on any atom is 0.408 e. The van der Waals surface area contributed by atoms with Crippen molar-refractivity contribution in [3.05, 3.63) is 12.2 Å². The van der Waals surface area contributed by atoms with E-state index in [1.807, 2.05) is 0 Å². The molecule has 0 bridgehead atoms. The first-order chi connectivity index (χ1) is 8.12. The minimum absolute atomic E-state index is 0.180. The summed E-state index contributed by atoms with van der Waals surface area (Å²) in [5.41, 5.74) is 2.92. The van der Waals surface area contributed by atoms with Crippen LogP contribution in [0.1, 0.15) is 33.6 Å². The van der Waals surface area contributed by atoms with Gasteiger partial charge in [-0.15, -0.1) is 0 Å². The largest absolute Gasteiger partial charge is 0.444 e. The van der Waals surface area contributed by atoms with Crippen LogP contribution in [-0.4, -0.2) is 34.4 Å². The van der Waals surface area contributed by atoms with Gasteiger partial charge in [0.15, 0.2) is 5.60 Å². The fourth-order valence-corrected chi connectivity index (χ4v) is 1.61. The smallest absolute Gasteiger partial charge is 0.408 e. The standard InChI is InChI=1S/C12H20N2O4/c1-11(2,3)18-10(16)14-8-4-6-12(17,7-5-8)9(13)15/h4,6,8,17H,5,7H2,1-3H3,(H2,13,15)(H,14,16). The topological polar surface area (TPSA) is 102 Å². The van der Waals surface area contributed by atoms with Crippen molar-refractivity contribution in [3.8, 4) is 0 Å². The van der Waals surface area contributed by atoms with E-state index in [9.17, 15) is 14.7 Å². The Morgan fingerprint density at radius 3 is 2.50 bits per heavy atom. The van der Waals surface area contributed by atoms with Gasteiger partial charge in [-0.1, -0.05) is 6.08 Å². The van der Waals surface area contributed by atoms with Crippen LogP contribution >= 0.6 is 0 Å². The molecule has 0 spiro atoms. The van der Waals surface area contributed by atoms with Crippen LogP contribution in [0.4, 0.5) is 4.79 Å². The Morgan fingerprint density at radius 1 is 1.50 bits per heavy atom. The maximum atomic E-state index is 11.5. The van der Waals surface area contributed by atoms with E-state index in [0.29, 0.717) is 6.42 Å². The molecule has 6 heteroatoms. The molecule has 0 aromatic heterocycles. The Bertz CT molecular complexity index is 373. The quantitative estimate of drug-likeness (QED) is 0.624. The average molecular weight is 256 g/mol. The lowest BCUT2D eigenvalue weighted by molar-refractivity contribution is -0.132. The molecule has 0 aliphatic heterocycles. The van der Waals surface area contributed by atoms with E-state index in [1.54, 1.807) is 26.8 Å². The second kappa shape index (κ2) is 4.97. The van der Waals surface area contributed by atoms with Crippen molar-refractivity contribution >= 4 is 12.0 Å². The van der Waals surface area contributed by atoms with Crippen molar-refractivity contribution in [1.29, 1.82) is 0 Å². The van der Waals surface area contributed by atoms with Gasteiger partial charge in [-0.3, -0.25) is 4.79 Å². The number of alkyl carbamates (subject to hydrolysis) is 1. The summed E-state index contributed by atoms with van der Waals surface area (Å²) in [5.74, 6) is -0.783. The second-order valence-electron chi connectivity index (χ2n) is 5.44. The summed E-state index contributed by atoms with van der Waals surface area (Å²) in [5, 5.41) is 12.4. The zero-order chi connectivity index (χ0) is 14.0. The average Bonchev–Trinajstić information content (AvgIpc) is 2.18. The SMILES string of the molecule is CC(C)(C)OC(=O)NC1C=CC(O)(C(N)=O)CC1. The fraction of sp³-hybridized carbons (Fsp3) is 0.667. The van der Waals surface area contributed by atoms with Gasteiger partial charge in [0.05, 0.1) is 6.04 Å². The summed E-state index contributed by atoms with van der Waals surface area (Å²) in [6.45, 7) is 5.32. The summed E-state index contributed by atoms with van der Waals surface area (Å²) >= 11 is 0. The number of carbonyl (C=O) groups is 2. The van der Waals surface area contributed by atoms with Gasteiger partial charge in [0, 0.05) is 0 Å². The van der Waals surface area contributed by atoms with Crippen molar-refractivity contribution < 1.29 is 19.4 Å². The molecule has 1 aliphatic carbocycles. The molecule has 4 N–H and O–H groups in total. The highest BCUT2D eigenvalue weighted by Crippen LogP contribution is 2.22. The van der Waals surface area contributed by atoms with E-state index >= 15 is 0 Å². The van der Waals surface area contributed by atoms with E-state index < -0.39 is 23.2 Å². The Balaban J connectivity index is 2.53. The highest BCUT2D eigenvalue weighted by molar-refractivity contribution is 5.85. The van der Waals surface area contributed by atoms with Gasteiger partial charge in [-0.25, -0.2) is 4.79 Å². The van der Waals surface area contributed by atoms with Crippen LogP contribution < -0.4 is 11.1 Å². The van der Waals surface area contributed by atoms with Crippen molar-refractivity contribution in [3.63, 3.8) is 0 Å². The van der Waals surface area contributed by atoms with Gasteiger partial charge in [-0.05, 0) is 39.7 Å². The minimum Gasteiger partial charge on any atom is -0.444 e. The van der Waals surface area contributed by atoms with Crippen LogP contribution in [-0.2, 0) is 9.53 Å². The molecule has 6 nitrogen and oxygen atoms in total.